The monoisotopic (exact) mass is 242 g/mol. The van der Waals surface area contributed by atoms with Gasteiger partial charge in [0.2, 0.25) is 0 Å². The molecule has 0 bridgehead atoms. The van der Waals surface area contributed by atoms with E-state index in [-0.39, 0.29) is 10.6 Å². The SMILES string of the molecule is Cc1cnc(Cl)c2sc(C(=O)O)c(N)c12. The minimum absolute atomic E-state index is 0.114. The zero-order valence-electron chi connectivity index (χ0n) is 7.74. The van der Waals surface area contributed by atoms with Crippen molar-refractivity contribution in [2.45, 2.75) is 6.92 Å². The van der Waals surface area contributed by atoms with E-state index < -0.39 is 5.97 Å². The molecule has 2 heterocycles. The van der Waals surface area contributed by atoms with Gasteiger partial charge in [-0.05, 0) is 12.5 Å². The van der Waals surface area contributed by atoms with Crippen LogP contribution in [0.2, 0.25) is 5.15 Å². The van der Waals surface area contributed by atoms with Gasteiger partial charge in [-0.3, -0.25) is 0 Å². The number of nitrogens with two attached hydrogens (primary N) is 1. The van der Waals surface area contributed by atoms with E-state index in [1.54, 1.807) is 6.20 Å². The molecule has 0 fully saturated rings. The first kappa shape index (κ1) is 10.2. The number of aromatic carboxylic acids is 1. The minimum Gasteiger partial charge on any atom is -0.477 e. The summed E-state index contributed by atoms with van der Waals surface area (Å²) in [7, 11) is 0. The maximum Gasteiger partial charge on any atom is 0.348 e. The highest BCUT2D eigenvalue weighted by Crippen LogP contribution is 2.38. The first-order valence-corrected chi connectivity index (χ1v) is 5.28. The summed E-state index contributed by atoms with van der Waals surface area (Å²) in [6, 6.07) is 0. The maximum atomic E-state index is 10.9. The summed E-state index contributed by atoms with van der Waals surface area (Å²) in [5.41, 5.74) is 6.85. The van der Waals surface area contributed by atoms with E-state index in [9.17, 15) is 4.79 Å². The van der Waals surface area contributed by atoms with Gasteiger partial charge in [-0.2, -0.15) is 0 Å². The van der Waals surface area contributed by atoms with Gasteiger partial charge in [-0.1, -0.05) is 11.6 Å². The van der Waals surface area contributed by atoms with E-state index in [0.29, 0.717) is 15.2 Å². The molecule has 0 aliphatic heterocycles. The Kier molecular flexibility index (Phi) is 2.28. The van der Waals surface area contributed by atoms with Crippen molar-refractivity contribution in [2.24, 2.45) is 0 Å². The predicted molar refractivity (Wildman–Crippen MR) is 60.7 cm³/mol. The number of fused-ring (bicyclic) bond motifs is 1. The van der Waals surface area contributed by atoms with Gasteiger partial charge < -0.3 is 10.8 Å². The average molecular weight is 243 g/mol. The second-order valence-corrected chi connectivity index (χ2v) is 4.46. The number of hydrogen-bond acceptors (Lipinski definition) is 4. The Labute approximate surface area is 94.3 Å². The second kappa shape index (κ2) is 3.36. The second-order valence-electron chi connectivity index (χ2n) is 3.09. The van der Waals surface area contributed by atoms with Crippen molar-refractivity contribution in [1.29, 1.82) is 0 Å². The number of hydrogen-bond donors (Lipinski definition) is 2. The number of aromatic nitrogens is 1. The number of aryl methyl sites for hydroxylation is 1. The summed E-state index contributed by atoms with van der Waals surface area (Å²) in [5, 5.41) is 9.90. The topological polar surface area (TPSA) is 76.2 Å². The number of carboxylic acid groups (broad SMARTS) is 1. The Balaban J connectivity index is 2.93. The number of halogens is 1. The standard InChI is InChI=1S/C9H7ClN2O2S/c1-3-2-12-8(10)6-4(3)5(11)7(15-6)9(13)14/h2H,11H2,1H3,(H,13,14). The van der Waals surface area contributed by atoms with E-state index in [0.717, 1.165) is 16.9 Å². The lowest BCUT2D eigenvalue weighted by Crippen LogP contribution is -1.97. The third-order valence-electron chi connectivity index (χ3n) is 2.09. The number of carboxylic acids is 1. The van der Waals surface area contributed by atoms with Crippen molar-refractivity contribution in [3.8, 4) is 0 Å². The third kappa shape index (κ3) is 1.44. The highest BCUT2D eigenvalue weighted by atomic mass is 35.5. The molecule has 2 aromatic heterocycles. The third-order valence-corrected chi connectivity index (χ3v) is 3.69. The zero-order valence-corrected chi connectivity index (χ0v) is 9.32. The van der Waals surface area contributed by atoms with Crippen LogP contribution in [0.5, 0.6) is 0 Å². The number of carbonyl (C=O) groups is 1. The number of pyridine rings is 1. The molecule has 0 saturated heterocycles. The summed E-state index contributed by atoms with van der Waals surface area (Å²) in [4.78, 5) is 14.9. The van der Waals surface area contributed by atoms with Gasteiger partial charge in [0, 0.05) is 11.6 Å². The normalized spacial score (nSPS) is 10.8. The Morgan fingerprint density at radius 2 is 2.33 bits per heavy atom. The van der Waals surface area contributed by atoms with Crippen molar-refractivity contribution in [3.63, 3.8) is 0 Å². The number of rotatable bonds is 1. The highest BCUT2D eigenvalue weighted by Gasteiger charge is 2.18. The van der Waals surface area contributed by atoms with E-state index in [1.807, 2.05) is 6.92 Å². The highest BCUT2D eigenvalue weighted by molar-refractivity contribution is 7.22. The number of nitrogens with zero attached hydrogens (tertiary/aromatic N) is 1. The van der Waals surface area contributed by atoms with Gasteiger partial charge in [0.15, 0.2) is 0 Å². The first-order valence-electron chi connectivity index (χ1n) is 4.08. The van der Waals surface area contributed by atoms with Crippen LogP contribution in [0.3, 0.4) is 0 Å². The summed E-state index contributed by atoms with van der Waals surface area (Å²) < 4.78 is 0.631. The summed E-state index contributed by atoms with van der Waals surface area (Å²) >= 11 is 6.92. The molecule has 0 saturated carbocycles. The van der Waals surface area contributed by atoms with Crippen molar-refractivity contribution in [1.82, 2.24) is 4.98 Å². The van der Waals surface area contributed by atoms with E-state index in [4.69, 9.17) is 22.4 Å². The molecule has 0 unspecified atom stereocenters. The van der Waals surface area contributed by atoms with Crippen molar-refractivity contribution in [2.75, 3.05) is 5.73 Å². The lowest BCUT2D eigenvalue weighted by atomic mass is 10.2. The van der Waals surface area contributed by atoms with Crippen LogP contribution in [0.15, 0.2) is 6.20 Å². The molecule has 2 rings (SSSR count). The lowest BCUT2D eigenvalue weighted by Gasteiger charge is -1.98. The zero-order chi connectivity index (χ0) is 11.2. The van der Waals surface area contributed by atoms with Crippen LogP contribution in [0.4, 0.5) is 5.69 Å². The van der Waals surface area contributed by atoms with Gasteiger partial charge >= 0.3 is 5.97 Å². The molecule has 0 atom stereocenters. The fourth-order valence-electron chi connectivity index (χ4n) is 1.42. The molecule has 15 heavy (non-hydrogen) atoms. The molecule has 2 aromatic rings. The van der Waals surface area contributed by atoms with Gasteiger partial charge in [0.25, 0.3) is 0 Å². The Bertz CT molecular complexity index is 565. The molecule has 0 aliphatic carbocycles. The van der Waals surface area contributed by atoms with E-state index >= 15 is 0 Å². The Morgan fingerprint density at radius 1 is 1.67 bits per heavy atom. The molecule has 0 aliphatic rings. The van der Waals surface area contributed by atoms with Crippen LogP contribution in [-0.2, 0) is 0 Å². The van der Waals surface area contributed by atoms with Gasteiger partial charge in [0.1, 0.15) is 10.0 Å². The fraction of sp³-hybridized carbons (Fsp3) is 0.111. The van der Waals surface area contributed by atoms with Crippen LogP contribution in [-0.4, -0.2) is 16.1 Å². The molecule has 0 aromatic carbocycles. The largest absolute Gasteiger partial charge is 0.477 e. The van der Waals surface area contributed by atoms with Crippen LogP contribution in [0, 0.1) is 6.92 Å². The molecule has 4 nitrogen and oxygen atoms in total. The molecular formula is C9H7ClN2O2S. The summed E-state index contributed by atoms with van der Waals surface area (Å²) in [6.45, 7) is 1.82. The van der Waals surface area contributed by atoms with Crippen LogP contribution < -0.4 is 5.73 Å². The first-order chi connectivity index (χ1) is 7.02. The van der Waals surface area contributed by atoms with Crippen LogP contribution >= 0.6 is 22.9 Å². The quantitative estimate of drug-likeness (QED) is 0.754. The average Bonchev–Trinajstić information content (AvgIpc) is 2.51. The summed E-state index contributed by atoms with van der Waals surface area (Å²) in [6.07, 6.45) is 1.58. The van der Waals surface area contributed by atoms with Gasteiger partial charge in [0.05, 0.1) is 10.4 Å². The number of anilines is 1. The minimum atomic E-state index is -1.04. The molecular weight excluding hydrogens is 236 g/mol. The van der Waals surface area contributed by atoms with E-state index in [1.165, 1.54) is 0 Å². The molecule has 0 spiro atoms. The molecule has 0 radical (unpaired) electrons. The molecule has 6 heteroatoms. The van der Waals surface area contributed by atoms with Crippen LogP contribution in [0.25, 0.3) is 10.1 Å². The number of thiophene rings is 1. The Morgan fingerprint density at radius 3 is 2.87 bits per heavy atom. The van der Waals surface area contributed by atoms with Crippen molar-refractivity contribution in [3.05, 3.63) is 21.8 Å². The smallest absolute Gasteiger partial charge is 0.348 e. The van der Waals surface area contributed by atoms with Crippen molar-refractivity contribution < 1.29 is 9.90 Å². The fourth-order valence-corrected chi connectivity index (χ4v) is 2.69. The van der Waals surface area contributed by atoms with Crippen LogP contribution in [0.1, 0.15) is 15.2 Å². The lowest BCUT2D eigenvalue weighted by molar-refractivity contribution is 0.0703. The van der Waals surface area contributed by atoms with E-state index in [2.05, 4.69) is 4.98 Å². The number of nitrogen functional groups attached to an aromatic ring is 1. The van der Waals surface area contributed by atoms with Gasteiger partial charge in [-0.15, -0.1) is 11.3 Å². The van der Waals surface area contributed by atoms with Crippen molar-refractivity contribution >= 4 is 44.7 Å². The molecule has 0 amide bonds. The predicted octanol–water partition coefficient (Wildman–Crippen LogP) is 2.54. The summed E-state index contributed by atoms with van der Waals surface area (Å²) in [5.74, 6) is -1.04. The van der Waals surface area contributed by atoms with Gasteiger partial charge in [-0.25, -0.2) is 9.78 Å². The maximum absolute atomic E-state index is 10.9. The molecule has 78 valence electrons. The Hall–Kier alpha value is -1.33. The molecule has 3 N–H and O–H groups in total.